The van der Waals surface area contributed by atoms with E-state index in [9.17, 15) is 4.79 Å². The van der Waals surface area contributed by atoms with Crippen LogP contribution in [0.1, 0.15) is 5.56 Å². The Morgan fingerprint density at radius 1 is 1.38 bits per heavy atom. The van der Waals surface area contributed by atoms with Crippen molar-refractivity contribution in [1.29, 1.82) is 0 Å². The number of aromatic nitrogens is 2. The third kappa shape index (κ3) is 3.16. The molecule has 21 heavy (non-hydrogen) atoms. The zero-order valence-electron chi connectivity index (χ0n) is 11.4. The summed E-state index contributed by atoms with van der Waals surface area (Å²) in [6.07, 6.45) is 3.61. The van der Waals surface area contributed by atoms with Crippen LogP contribution in [-0.4, -0.2) is 16.4 Å². The Kier molecular flexibility index (Phi) is 3.79. The molecule has 0 atom stereocenters. The molecular formula is C15H13BrN2O3. The van der Waals surface area contributed by atoms with Gasteiger partial charge in [0.05, 0.1) is 17.2 Å². The molecule has 3 aromatic rings. The Balaban J connectivity index is 1.74. The van der Waals surface area contributed by atoms with Gasteiger partial charge in [-0.3, -0.25) is 4.68 Å². The Morgan fingerprint density at radius 3 is 3.00 bits per heavy atom. The number of fused-ring (bicyclic) bond motifs is 1. The molecule has 0 aliphatic rings. The lowest BCUT2D eigenvalue weighted by molar-refractivity contribution is 0.291. The van der Waals surface area contributed by atoms with Gasteiger partial charge in [-0.15, -0.1) is 0 Å². The van der Waals surface area contributed by atoms with Gasteiger partial charge in [-0.1, -0.05) is 0 Å². The number of halogens is 1. The van der Waals surface area contributed by atoms with E-state index in [0.29, 0.717) is 24.5 Å². The van der Waals surface area contributed by atoms with E-state index in [0.717, 1.165) is 15.4 Å². The maximum absolute atomic E-state index is 11.4. The average molecular weight is 349 g/mol. The van der Waals surface area contributed by atoms with Gasteiger partial charge >= 0.3 is 5.63 Å². The minimum Gasteiger partial charge on any atom is -0.492 e. The molecule has 2 heterocycles. The predicted molar refractivity (Wildman–Crippen MR) is 82.6 cm³/mol. The number of nitrogens with zero attached hydrogens (tertiary/aromatic N) is 2. The van der Waals surface area contributed by atoms with Crippen molar-refractivity contribution in [3.8, 4) is 5.75 Å². The Morgan fingerprint density at radius 2 is 2.24 bits per heavy atom. The van der Waals surface area contributed by atoms with Crippen LogP contribution in [-0.2, 0) is 6.54 Å². The molecule has 2 aromatic heterocycles. The van der Waals surface area contributed by atoms with Gasteiger partial charge in [0.1, 0.15) is 17.9 Å². The first-order valence-corrected chi connectivity index (χ1v) is 7.26. The summed E-state index contributed by atoms with van der Waals surface area (Å²) in [5.74, 6) is 0.669. The molecule has 0 saturated heterocycles. The monoisotopic (exact) mass is 348 g/mol. The first kappa shape index (κ1) is 13.9. The highest BCUT2D eigenvalue weighted by molar-refractivity contribution is 9.10. The van der Waals surface area contributed by atoms with E-state index in [2.05, 4.69) is 21.0 Å². The van der Waals surface area contributed by atoms with Gasteiger partial charge in [0.15, 0.2) is 0 Å². The van der Waals surface area contributed by atoms with E-state index in [4.69, 9.17) is 9.15 Å². The van der Waals surface area contributed by atoms with E-state index >= 15 is 0 Å². The molecule has 3 rings (SSSR count). The van der Waals surface area contributed by atoms with E-state index in [1.807, 2.05) is 25.3 Å². The summed E-state index contributed by atoms with van der Waals surface area (Å²) in [4.78, 5) is 11.4. The standard InChI is InChI=1S/C15H13BrN2O3/c1-10-6-15(19)21-14-7-12(2-3-13(10)14)20-5-4-18-9-11(16)8-17-18/h2-3,6-9H,4-5H2,1H3. The Hall–Kier alpha value is -2.08. The number of hydrogen-bond donors (Lipinski definition) is 0. The minimum absolute atomic E-state index is 0.349. The van der Waals surface area contributed by atoms with Crippen molar-refractivity contribution in [2.24, 2.45) is 0 Å². The van der Waals surface area contributed by atoms with Gasteiger partial charge in [-0.05, 0) is 40.5 Å². The van der Waals surface area contributed by atoms with E-state index in [1.54, 1.807) is 16.9 Å². The lowest BCUT2D eigenvalue weighted by Crippen LogP contribution is -2.08. The first-order valence-electron chi connectivity index (χ1n) is 6.47. The van der Waals surface area contributed by atoms with Crippen LogP contribution in [0, 0.1) is 6.92 Å². The summed E-state index contributed by atoms with van der Waals surface area (Å²) in [7, 11) is 0. The zero-order valence-corrected chi connectivity index (χ0v) is 13.0. The van der Waals surface area contributed by atoms with Gasteiger partial charge < -0.3 is 9.15 Å². The molecule has 0 aliphatic heterocycles. The molecule has 0 spiro atoms. The number of hydrogen-bond acceptors (Lipinski definition) is 4. The van der Waals surface area contributed by atoms with Crippen LogP contribution >= 0.6 is 15.9 Å². The fourth-order valence-corrected chi connectivity index (χ4v) is 2.44. The Bertz CT molecular complexity index is 838. The number of aryl methyl sites for hydroxylation is 1. The second-order valence-corrected chi connectivity index (χ2v) is 5.59. The van der Waals surface area contributed by atoms with Crippen LogP contribution in [0.3, 0.4) is 0 Å². The maximum Gasteiger partial charge on any atom is 0.336 e. The summed E-state index contributed by atoms with van der Waals surface area (Å²) in [5.41, 5.74) is 1.09. The molecule has 0 amide bonds. The van der Waals surface area contributed by atoms with Crippen LogP contribution in [0.5, 0.6) is 5.75 Å². The highest BCUT2D eigenvalue weighted by atomic mass is 79.9. The lowest BCUT2D eigenvalue weighted by Gasteiger charge is -2.07. The van der Waals surface area contributed by atoms with E-state index < -0.39 is 0 Å². The fraction of sp³-hybridized carbons (Fsp3) is 0.200. The van der Waals surface area contributed by atoms with Gasteiger partial charge in [0, 0.05) is 23.7 Å². The van der Waals surface area contributed by atoms with Crippen molar-refractivity contribution in [2.45, 2.75) is 13.5 Å². The molecule has 0 radical (unpaired) electrons. The molecule has 108 valence electrons. The smallest absolute Gasteiger partial charge is 0.336 e. The highest BCUT2D eigenvalue weighted by Gasteiger charge is 2.04. The average Bonchev–Trinajstić information content (AvgIpc) is 2.84. The molecule has 6 heteroatoms. The molecular weight excluding hydrogens is 336 g/mol. The number of benzene rings is 1. The summed E-state index contributed by atoms with van der Waals surface area (Å²) in [5, 5.41) is 5.06. The van der Waals surface area contributed by atoms with Crippen LogP contribution < -0.4 is 10.4 Å². The van der Waals surface area contributed by atoms with Gasteiger partial charge in [0.2, 0.25) is 0 Å². The number of ether oxygens (including phenoxy) is 1. The second kappa shape index (κ2) is 5.73. The molecule has 0 unspecified atom stereocenters. The molecule has 5 nitrogen and oxygen atoms in total. The van der Waals surface area contributed by atoms with Crippen LogP contribution in [0.4, 0.5) is 0 Å². The summed E-state index contributed by atoms with van der Waals surface area (Å²) >= 11 is 3.34. The summed E-state index contributed by atoms with van der Waals surface area (Å²) < 4.78 is 13.6. The third-order valence-corrected chi connectivity index (χ3v) is 3.52. The minimum atomic E-state index is -0.349. The van der Waals surface area contributed by atoms with Gasteiger partial charge in [0.25, 0.3) is 0 Å². The largest absolute Gasteiger partial charge is 0.492 e. The van der Waals surface area contributed by atoms with Crippen LogP contribution in [0.25, 0.3) is 11.0 Å². The molecule has 0 bridgehead atoms. The lowest BCUT2D eigenvalue weighted by atomic mass is 10.1. The van der Waals surface area contributed by atoms with Gasteiger partial charge in [-0.25, -0.2) is 4.79 Å². The molecule has 0 aliphatic carbocycles. The maximum atomic E-state index is 11.4. The van der Waals surface area contributed by atoms with Crippen molar-refractivity contribution < 1.29 is 9.15 Å². The summed E-state index contributed by atoms with van der Waals surface area (Å²) in [6, 6.07) is 6.99. The van der Waals surface area contributed by atoms with Gasteiger partial charge in [-0.2, -0.15) is 5.10 Å². The predicted octanol–water partition coefficient (Wildman–Crippen LogP) is 3.14. The van der Waals surface area contributed by atoms with E-state index in [1.165, 1.54) is 6.07 Å². The summed E-state index contributed by atoms with van der Waals surface area (Å²) in [6.45, 7) is 3.01. The van der Waals surface area contributed by atoms with Crippen LogP contribution in [0.15, 0.2) is 50.3 Å². The topological polar surface area (TPSA) is 57.3 Å². The number of rotatable bonds is 4. The fourth-order valence-electron chi connectivity index (χ4n) is 2.11. The molecule has 0 N–H and O–H groups in total. The second-order valence-electron chi connectivity index (χ2n) is 4.68. The van der Waals surface area contributed by atoms with E-state index in [-0.39, 0.29) is 5.63 Å². The molecule has 1 aromatic carbocycles. The Labute approximate surface area is 129 Å². The van der Waals surface area contributed by atoms with Crippen molar-refractivity contribution in [3.63, 3.8) is 0 Å². The zero-order chi connectivity index (χ0) is 14.8. The normalized spacial score (nSPS) is 11.0. The van der Waals surface area contributed by atoms with Crippen LogP contribution in [0.2, 0.25) is 0 Å². The highest BCUT2D eigenvalue weighted by Crippen LogP contribution is 2.22. The van der Waals surface area contributed by atoms with Crippen molar-refractivity contribution in [2.75, 3.05) is 6.61 Å². The quantitative estimate of drug-likeness (QED) is 0.679. The third-order valence-electron chi connectivity index (χ3n) is 3.11. The SMILES string of the molecule is Cc1cc(=O)oc2cc(OCCn3cc(Br)cn3)ccc12. The van der Waals surface area contributed by atoms with Crippen molar-refractivity contribution in [3.05, 3.63) is 57.1 Å². The van der Waals surface area contributed by atoms with Crippen molar-refractivity contribution >= 4 is 26.9 Å². The molecule has 0 saturated carbocycles. The first-order chi connectivity index (χ1) is 10.1. The van der Waals surface area contributed by atoms with Crippen molar-refractivity contribution in [1.82, 2.24) is 9.78 Å². The molecule has 0 fully saturated rings.